The summed E-state index contributed by atoms with van der Waals surface area (Å²) in [5, 5.41) is 10.1. The summed E-state index contributed by atoms with van der Waals surface area (Å²) in [5.41, 5.74) is 0.0609. The predicted molar refractivity (Wildman–Crippen MR) is 76.9 cm³/mol. The number of hydrogen-bond donors (Lipinski definition) is 2. The number of anilines is 1. The summed E-state index contributed by atoms with van der Waals surface area (Å²) in [6, 6.07) is 10.1. The molecule has 5 nitrogen and oxygen atoms in total. The predicted octanol–water partition coefficient (Wildman–Crippen LogP) is 2.86. The van der Waals surface area contributed by atoms with Crippen molar-refractivity contribution in [2.75, 3.05) is 11.8 Å². The molecule has 0 unspecified atom stereocenters. The first-order chi connectivity index (χ1) is 9.42. The number of sulfonamides is 1. The molecule has 0 aliphatic carbocycles. The second-order valence-corrected chi connectivity index (χ2v) is 6.06. The van der Waals surface area contributed by atoms with Gasteiger partial charge >= 0.3 is 0 Å². The smallest absolute Gasteiger partial charge is 0.262 e. The minimum atomic E-state index is -3.81. The molecule has 2 rings (SSSR count). The van der Waals surface area contributed by atoms with Gasteiger partial charge in [0.2, 0.25) is 0 Å². The van der Waals surface area contributed by atoms with Crippen molar-refractivity contribution in [2.24, 2.45) is 0 Å². The molecule has 0 amide bonds. The van der Waals surface area contributed by atoms with Crippen molar-refractivity contribution in [3.63, 3.8) is 0 Å². The minimum absolute atomic E-state index is 0.0141. The van der Waals surface area contributed by atoms with Crippen LogP contribution in [0.25, 0.3) is 0 Å². The summed E-state index contributed by atoms with van der Waals surface area (Å²) in [4.78, 5) is 0.0141. The Balaban J connectivity index is 2.33. The van der Waals surface area contributed by atoms with E-state index in [1.165, 1.54) is 43.5 Å². The van der Waals surface area contributed by atoms with Crippen LogP contribution in [0, 0.1) is 0 Å². The Hall–Kier alpha value is -1.92. The maximum atomic E-state index is 12.1. The highest BCUT2D eigenvalue weighted by molar-refractivity contribution is 7.92. The first-order valence-electron chi connectivity index (χ1n) is 5.58. The molecule has 0 spiro atoms. The molecule has 7 heteroatoms. The first-order valence-corrected chi connectivity index (χ1v) is 7.44. The molecular formula is C13H12ClNO4S. The molecular weight excluding hydrogens is 302 g/mol. The normalized spacial score (nSPS) is 11.1. The second kappa shape index (κ2) is 5.60. The zero-order chi connectivity index (χ0) is 14.8. The lowest BCUT2D eigenvalue weighted by Crippen LogP contribution is -2.13. The van der Waals surface area contributed by atoms with Gasteiger partial charge in [-0.1, -0.05) is 17.7 Å². The van der Waals surface area contributed by atoms with E-state index in [0.29, 0.717) is 10.8 Å². The van der Waals surface area contributed by atoms with Gasteiger partial charge in [-0.05, 0) is 30.3 Å². The van der Waals surface area contributed by atoms with E-state index in [-0.39, 0.29) is 16.3 Å². The third-order valence-corrected chi connectivity index (χ3v) is 4.15. The Labute approximate surface area is 121 Å². The zero-order valence-electron chi connectivity index (χ0n) is 10.5. The lowest BCUT2D eigenvalue weighted by atomic mass is 10.3. The minimum Gasteiger partial charge on any atom is -0.506 e. The molecule has 0 saturated heterocycles. The van der Waals surface area contributed by atoms with Crippen molar-refractivity contribution in [3.05, 3.63) is 47.5 Å². The Kier molecular flexibility index (Phi) is 4.06. The summed E-state index contributed by atoms with van der Waals surface area (Å²) in [5.74, 6) is 0.197. The first kappa shape index (κ1) is 14.5. The van der Waals surface area contributed by atoms with Crippen LogP contribution in [0.15, 0.2) is 47.4 Å². The van der Waals surface area contributed by atoms with Gasteiger partial charge in [0.05, 0.1) is 17.7 Å². The lowest BCUT2D eigenvalue weighted by molar-refractivity contribution is 0.408. The third kappa shape index (κ3) is 3.15. The Morgan fingerprint density at radius 2 is 1.95 bits per heavy atom. The molecule has 0 aliphatic heterocycles. The van der Waals surface area contributed by atoms with Gasteiger partial charge in [0, 0.05) is 11.1 Å². The molecule has 0 bridgehead atoms. The fourth-order valence-electron chi connectivity index (χ4n) is 1.56. The van der Waals surface area contributed by atoms with Gasteiger partial charge in [-0.3, -0.25) is 4.72 Å². The van der Waals surface area contributed by atoms with Gasteiger partial charge in [-0.25, -0.2) is 8.42 Å². The number of aromatic hydroxyl groups is 1. The van der Waals surface area contributed by atoms with Gasteiger partial charge in [-0.2, -0.15) is 0 Å². The number of rotatable bonds is 4. The van der Waals surface area contributed by atoms with E-state index >= 15 is 0 Å². The van der Waals surface area contributed by atoms with E-state index in [4.69, 9.17) is 16.3 Å². The highest BCUT2D eigenvalue weighted by Gasteiger charge is 2.16. The van der Waals surface area contributed by atoms with Crippen molar-refractivity contribution >= 4 is 27.3 Å². The Morgan fingerprint density at radius 3 is 2.55 bits per heavy atom. The number of phenolic OH excluding ortho intramolecular Hbond substituents is 1. The Bertz CT molecular complexity index is 731. The molecule has 2 N–H and O–H groups in total. The van der Waals surface area contributed by atoms with Crippen molar-refractivity contribution in [2.45, 2.75) is 4.90 Å². The number of methoxy groups -OCH3 is 1. The fraction of sp³-hybridized carbons (Fsp3) is 0.0769. The van der Waals surface area contributed by atoms with Crippen LogP contribution in [-0.2, 0) is 10.0 Å². The van der Waals surface area contributed by atoms with E-state index in [1.807, 2.05) is 0 Å². The van der Waals surface area contributed by atoms with Crippen LogP contribution in [0.2, 0.25) is 5.02 Å². The molecule has 0 atom stereocenters. The van der Waals surface area contributed by atoms with Crippen molar-refractivity contribution in [3.8, 4) is 11.5 Å². The zero-order valence-corrected chi connectivity index (χ0v) is 12.1. The summed E-state index contributed by atoms with van der Waals surface area (Å²) in [6.45, 7) is 0. The Morgan fingerprint density at radius 1 is 1.20 bits per heavy atom. The van der Waals surface area contributed by atoms with Gasteiger partial charge in [0.15, 0.2) is 0 Å². The number of phenols is 1. The molecule has 0 saturated carbocycles. The summed E-state index contributed by atoms with van der Waals surface area (Å²) in [6.07, 6.45) is 0. The molecule has 0 aliphatic rings. The van der Waals surface area contributed by atoms with Gasteiger partial charge in [0.1, 0.15) is 11.5 Å². The SMILES string of the molecule is COc1ccc(NS(=O)(=O)c2cccc(Cl)c2)c(O)c1. The number of hydrogen-bond acceptors (Lipinski definition) is 4. The number of halogens is 1. The maximum Gasteiger partial charge on any atom is 0.262 e. The van der Waals surface area contributed by atoms with Crippen molar-refractivity contribution in [1.29, 1.82) is 0 Å². The third-order valence-electron chi connectivity index (χ3n) is 2.56. The summed E-state index contributed by atoms with van der Waals surface area (Å²) in [7, 11) is -2.36. The summed E-state index contributed by atoms with van der Waals surface area (Å²) >= 11 is 5.77. The highest BCUT2D eigenvalue weighted by Crippen LogP contribution is 2.30. The van der Waals surface area contributed by atoms with Crippen LogP contribution in [0.4, 0.5) is 5.69 Å². The largest absolute Gasteiger partial charge is 0.506 e. The van der Waals surface area contributed by atoms with Crippen LogP contribution >= 0.6 is 11.6 Å². The van der Waals surface area contributed by atoms with Crippen LogP contribution in [0.5, 0.6) is 11.5 Å². The second-order valence-electron chi connectivity index (χ2n) is 3.95. The average Bonchev–Trinajstić information content (AvgIpc) is 2.41. The molecule has 0 aromatic heterocycles. The van der Waals surface area contributed by atoms with Crippen LogP contribution in [0.3, 0.4) is 0 Å². The van der Waals surface area contributed by atoms with Crippen LogP contribution in [0.1, 0.15) is 0 Å². The molecule has 2 aromatic carbocycles. The summed E-state index contributed by atoms with van der Waals surface area (Å²) < 4.78 is 31.5. The average molecular weight is 314 g/mol. The van der Waals surface area contributed by atoms with Gasteiger partial charge in [0.25, 0.3) is 10.0 Å². The van der Waals surface area contributed by atoms with E-state index in [9.17, 15) is 13.5 Å². The standard InChI is InChI=1S/C13H12ClNO4S/c1-19-10-5-6-12(13(16)8-10)15-20(17,18)11-4-2-3-9(14)7-11/h2-8,15-16H,1H3. The van der Waals surface area contributed by atoms with E-state index in [0.717, 1.165) is 0 Å². The van der Waals surface area contributed by atoms with Crippen LogP contribution in [-0.4, -0.2) is 20.6 Å². The number of nitrogens with one attached hydrogen (secondary N) is 1. The molecule has 20 heavy (non-hydrogen) atoms. The maximum absolute atomic E-state index is 12.1. The monoisotopic (exact) mass is 313 g/mol. The molecule has 0 heterocycles. The molecule has 106 valence electrons. The van der Waals surface area contributed by atoms with E-state index in [1.54, 1.807) is 6.07 Å². The lowest BCUT2D eigenvalue weighted by Gasteiger charge is -2.10. The van der Waals surface area contributed by atoms with Crippen molar-refractivity contribution in [1.82, 2.24) is 0 Å². The topological polar surface area (TPSA) is 75.6 Å². The molecule has 0 radical (unpaired) electrons. The number of benzene rings is 2. The van der Waals surface area contributed by atoms with Gasteiger partial charge in [-0.15, -0.1) is 0 Å². The quantitative estimate of drug-likeness (QED) is 0.851. The highest BCUT2D eigenvalue weighted by atomic mass is 35.5. The number of ether oxygens (including phenoxy) is 1. The van der Waals surface area contributed by atoms with Crippen LogP contribution < -0.4 is 9.46 Å². The molecule has 0 fully saturated rings. The van der Waals surface area contributed by atoms with E-state index < -0.39 is 10.0 Å². The fourth-order valence-corrected chi connectivity index (χ4v) is 2.94. The van der Waals surface area contributed by atoms with Crippen molar-refractivity contribution < 1.29 is 18.3 Å². The molecule has 2 aromatic rings. The van der Waals surface area contributed by atoms with Gasteiger partial charge < -0.3 is 9.84 Å². The van der Waals surface area contributed by atoms with E-state index in [2.05, 4.69) is 4.72 Å².